The van der Waals surface area contributed by atoms with Crippen molar-refractivity contribution in [3.8, 4) is 17.2 Å². The zero-order chi connectivity index (χ0) is 25.5. The van der Waals surface area contributed by atoms with E-state index in [4.69, 9.17) is 14.2 Å². The number of Topliss-reactive ketones (excluding diaryl/α,β-unsaturated/α-hetero) is 1. The molecule has 8 heteroatoms. The lowest BCUT2D eigenvalue weighted by Gasteiger charge is -2.27. The van der Waals surface area contributed by atoms with Gasteiger partial charge in [-0.3, -0.25) is 9.59 Å². The molecule has 8 nitrogen and oxygen atoms in total. The standard InChI is InChI=1S/C27H34N2O6/c1-6-28(7-2)14-11-15-29-23(19-16-20(33-3)26(35-5)21(17-19)34-4)22(25(31)27(29)32)24(30)18-12-9-8-10-13-18/h8-10,12-13,16-17,23,30H,6-7,11,14-15H2,1-5H3/b24-22-. The number of aliphatic hydroxyl groups is 1. The number of likely N-dealkylation sites (tertiary alicyclic amines) is 1. The van der Waals surface area contributed by atoms with Crippen LogP contribution in [0.25, 0.3) is 5.76 Å². The summed E-state index contributed by atoms with van der Waals surface area (Å²) in [5.74, 6) is -0.367. The topological polar surface area (TPSA) is 88.5 Å². The van der Waals surface area contributed by atoms with Crippen LogP contribution < -0.4 is 14.2 Å². The fraction of sp³-hybridized carbons (Fsp3) is 0.407. The molecule has 0 spiro atoms. The van der Waals surface area contributed by atoms with Gasteiger partial charge in [-0.1, -0.05) is 44.2 Å². The Balaban J connectivity index is 2.15. The number of nitrogens with zero attached hydrogens (tertiary/aromatic N) is 2. The summed E-state index contributed by atoms with van der Waals surface area (Å²) in [4.78, 5) is 30.2. The third-order valence-corrected chi connectivity index (χ3v) is 6.36. The number of aliphatic hydroxyl groups excluding tert-OH is 1. The molecule has 1 saturated heterocycles. The van der Waals surface area contributed by atoms with Crippen molar-refractivity contribution in [3.05, 3.63) is 59.2 Å². The highest BCUT2D eigenvalue weighted by Crippen LogP contribution is 2.45. The van der Waals surface area contributed by atoms with E-state index in [2.05, 4.69) is 18.7 Å². The summed E-state index contributed by atoms with van der Waals surface area (Å²) in [7, 11) is 4.52. The summed E-state index contributed by atoms with van der Waals surface area (Å²) < 4.78 is 16.5. The summed E-state index contributed by atoms with van der Waals surface area (Å²) in [5.41, 5.74) is 1.09. The Kier molecular flexibility index (Phi) is 8.76. The molecule has 0 aromatic heterocycles. The van der Waals surface area contributed by atoms with Crippen LogP contribution in [0.1, 0.15) is 37.4 Å². The van der Waals surface area contributed by atoms with Gasteiger partial charge in [0.2, 0.25) is 5.75 Å². The average Bonchev–Trinajstić information content (AvgIpc) is 3.15. The van der Waals surface area contributed by atoms with Gasteiger partial charge in [0.15, 0.2) is 11.5 Å². The van der Waals surface area contributed by atoms with Crippen molar-refractivity contribution in [1.82, 2.24) is 9.80 Å². The second-order valence-corrected chi connectivity index (χ2v) is 8.20. The number of ketones is 1. The van der Waals surface area contributed by atoms with Gasteiger partial charge in [-0.25, -0.2) is 0 Å². The van der Waals surface area contributed by atoms with Crippen molar-refractivity contribution in [3.63, 3.8) is 0 Å². The normalized spacial score (nSPS) is 17.2. The minimum Gasteiger partial charge on any atom is -0.507 e. The number of hydrogen-bond donors (Lipinski definition) is 1. The molecule has 2 aromatic carbocycles. The predicted molar refractivity (Wildman–Crippen MR) is 134 cm³/mol. The minimum atomic E-state index is -0.805. The molecule has 1 atom stereocenters. The van der Waals surface area contributed by atoms with E-state index in [1.54, 1.807) is 36.4 Å². The lowest BCUT2D eigenvalue weighted by Crippen LogP contribution is -2.33. The van der Waals surface area contributed by atoms with Crippen molar-refractivity contribution in [2.45, 2.75) is 26.3 Å². The number of carbonyl (C=O) groups is 2. The van der Waals surface area contributed by atoms with Crippen LogP contribution in [-0.4, -0.2) is 74.1 Å². The molecule has 188 valence electrons. The number of hydrogen-bond acceptors (Lipinski definition) is 7. The number of methoxy groups -OCH3 is 3. The lowest BCUT2D eigenvalue weighted by molar-refractivity contribution is -0.140. The van der Waals surface area contributed by atoms with E-state index in [0.29, 0.717) is 41.3 Å². The Morgan fingerprint density at radius 2 is 1.57 bits per heavy atom. The Hall–Kier alpha value is -3.52. The summed E-state index contributed by atoms with van der Waals surface area (Å²) in [6, 6.07) is 11.4. The second-order valence-electron chi connectivity index (χ2n) is 8.20. The number of amides is 1. The maximum absolute atomic E-state index is 13.2. The van der Waals surface area contributed by atoms with E-state index in [9.17, 15) is 14.7 Å². The maximum atomic E-state index is 13.2. The first-order chi connectivity index (χ1) is 16.9. The van der Waals surface area contributed by atoms with Crippen LogP contribution in [0.4, 0.5) is 0 Å². The Morgan fingerprint density at radius 3 is 2.09 bits per heavy atom. The first-order valence-electron chi connectivity index (χ1n) is 11.8. The Morgan fingerprint density at radius 1 is 0.971 bits per heavy atom. The zero-order valence-corrected chi connectivity index (χ0v) is 21.0. The molecule has 1 N–H and O–H groups in total. The van der Waals surface area contributed by atoms with E-state index in [1.165, 1.54) is 26.2 Å². The molecule has 2 aromatic rings. The van der Waals surface area contributed by atoms with Gasteiger partial charge in [0.25, 0.3) is 11.7 Å². The van der Waals surface area contributed by atoms with Gasteiger partial charge in [0.05, 0.1) is 32.9 Å². The average molecular weight is 483 g/mol. The second kappa shape index (κ2) is 11.8. The highest BCUT2D eigenvalue weighted by molar-refractivity contribution is 6.46. The molecule has 1 heterocycles. The van der Waals surface area contributed by atoms with Crippen molar-refractivity contribution in [2.24, 2.45) is 0 Å². The molecule has 3 rings (SSSR count). The third kappa shape index (κ3) is 5.27. The van der Waals surface area contributed by atoms with Gasteiger partial charge in [0, 0.05) is 12.1 Å². The van der Waals surface area contributed by atoms with Crippen molar-refractivity contribution in [1.29, 1.82) is 0 Å². The van der Waals surface area contributed by atoms with E-state index in [0.717, 1.165) is 19.6 Å². The molecular weight excluding hydrogens is 448 g/mol. The molecule has 1 amide bonds. The summed E-state index contributed by atoms with van der Waals surface area (Å²) >= 11 is 0. The molecule has 0 saturated carbocycles. The molecule has 0 aliphatic carbocycles. The summed E-state index contributed by atoms with van der Waals surface area (Å²) in [6.45, 7) is 7.13. The molecule has 1 fully saturated rings. The van der Waals surface area contributed by atoms with Gasteiger partial charge >= 0.3 is 0 Å². The molecule has 0 radical (unpaired) electrons. The van der Waals surface area contributed by atoms with E-state index < -0.39 is 17.7 Å². The highest BCUT2D eigenvalue weighted by Gasteiger charge is 2.46. The first kappa shape index (κ1) is 26.1. The largest absolute Gasteiger partial charge is 0.507 e. The SMILES string of the molecule is CCN(CC)CCCN1C(=O)C(=O)/C(=C(\O)c2ccccc2)C1c1cc(OC)c(OC)c(OC)c1. The van der Waals surface area contributed by atoms with Crippen molar-refractivity contribution in [2.75, 3.05) is 47.5 Å². The minimum absolute atomic E-state index is 0.0401. The van der Waals surface area contributed by atoms with E-state index >= 15 is 0 Å². The molecule has 0 bridgehead atoms. The van der Waals surface area contributed by atoms with Crippen LogP contribution in [0.3, 0.4) is 0 Å². The lowest BCUT2D eigenvalue weighted by atomic mass is 9.94. The molecule has 1 aliphatic rings. The zero-order valence-electron chi connectivity index (χ0n) is 21.0. The third-order valence-electron chi connectivity index (χ3n) is 6.36. The van der Waals surface area contributed by atoms with Crippen LogP contribution in [0.5, 0.6) is 17.2 Å². The Labute approximate surface area is 206 Å². The fourth-order valence-corrected chi connectivity index (χ4v) is 4.47. The Bertz CT molecular complexity index is 1050. The molecular formula is C27H34N2O6. The van der Waals surface area contributed by atoms with Crippen LogP contribution in [-0.2, 0) is 9.59 Å². The van der Waals surface area contributed by atoms with Crippen molar-refractivity contribution >= 4 is 17.4 Å². The highest BCUT2D eigenvalue weighted by atomic mass is 16.5. The smallest absolute Gasteiger partial charge is 0.295 e. The van der Waals surface area contributed by atoms with Crippen LogP contribution in [0.2, 0.25) is 0 Å². The van der Waals surface area contributed by atoms with Gasteiger partial charge in [-0.05, 0) is 43.8 Å². The molecule has 35 heavy (non-hydrogen) atoms. The number of benzene rings is 2. The predicted octanol–water partition coefficient (Wildman–Crippen LogP) is 3.87. The fourth-order valence-electron chi connectivity index (χ4n) is 4.47. The summed E-state index contributed by atoms with van der Waals surface area (Å²) in [6.07, 6.45) is 0.682. The first-order valence-corrected chi connectivity index (χ1v) is 11.8. The molecule has 1 aliphatic heterocycles. The monoisotopic (exact) mass is 482 g/mol. The summed E-state index contributed by atoms with van der Waals surface area (Å²) in [5, 5.41) is 11.2. The van der Waals surface area contributed by atoms with Gasteiger partial charge in [0.1, 0.15) is 5.76 Å². The number of carbonyl (C=O) groups excluding carboxylic acids is 2. The number of ether oxygens (including phenoxy) is 3. The van der Waals surface area contributed by atoms with E-state index in [1.807, 2.05) is 6.07 Å². The quantitative estimate of drug-likeness (QED) is 0.296. The van der Waals surface area contributed by atoms with Crippen LogP contribution in [0.15, 0.2) is 48.0 Å². The van der Waals surface area contributed by atoms with Gasteiger partial charge < -0.3 is 29.1 Å². The van der Waals surface area contributed by atoms with Gasteiger partial charge in [-0.2, -0.15) is 0 Å². The maximum Gasteiger partial charge on any atom is 0.295 e. The van der Waals surface area contributed by atoms with Crippen molar-refractivity contribution < 1.29 is 28.9 Å². The van der Waals surface area contributed by atoms with Gasteiger partial charge in [-0.15, -0.1) is 0 Å². The van der Waals surface area contributed by atoms with Crippen LogP contribution >= 0.6 is 0 Å². The van der Waals surface area contributed by atoms with E-state index in [-0.39, 0.29) is 11.3 Å². The molecule has 1 unspecified atom stereocenters. The number of rotatable bonds is 11. The van der Waals surface area contributed by atoms with Crippen LogP contribution in [0, 0.1) is 0 Å².